The molecule has 1 aromatic heterocycles. The van der Waals surface area contributed by atoms with Crippen molar-refractivity contribution in [3.63, 3.8) is 0 Å². The third-order valence-corrected chi connectivity index (χ3v) is 8.57. The summed E-state index contributed by atoms with van der Waals surface area (Å²) in [7, 11) is 0. The van der Waals surface area contributed by atoms with E-state index in [9.17, 15) is 18.0 Å². The van der Waals surface area contributed by atoms with E-state index >= 15 is 0 Å². The van der Waals surface area contributed by atoms with Gasteiger partial charge in [0.25, 0.3) is 0 Å². The second-order valence-corrected chi connectivity index (χ2v) is 11.4. The molecule has 1 atom stereocenters. The molecule has 202 valence electrons. The first-order valence-corrected chi connectivity index (χ1v) is 14.3. The molecule has 1 heterocycles. The first-order chi connectivity index (χ1) is 18.7. The van der Waals surface area contributed by atoms with Crippen LogP contribution in [0.25, 0.3) is 5.69 Å². The number of aryl methyl sites for hydroxylation is 3. The topological polar surface area (TPSA) is 34.9 Å². The Balaban J connectivity index is 1.53. The summed E-state index contributed by atoms with van der Waals surface area (Å²) in [5.74, 6) is -1.57. The molecule has 3 aromatic carbocycles. The van der Waals surface area contributed by atoms with Crippen molar-refractivity contribution in [3.05, 3.63) is 111 Å². The predicted molar refractivity (Wildman–Crippen MR) is 149 cm³/mol. The minimum Gasteiger partial charge on any atom is -0.300 e. The largest absolute Gasteiger partial charge is 0.300 e. The van der Waals surface area contributed by atoms with E-state index in [4.69, 9.17) is 16.6 Å². The van der Waals surface area contributed by atoms with Gasteiger partial charge in [0, 0.05) is 34.4 Å². The summed E-state index contributed by atoms with van der Waals surface area (Å²) < 4.78 is 45.8. The van der Waals surface area contributed by atoms with Crippen molar-refractivity contribution >= 4 is 29.1 Å². The average molecular weight is 569 g/mol. The van der Waals surface area contributed by atoms with Crippen LogP contribution in [-0.2, 0) is 23.4 Å². The second-order valence-electron chi connectivity index (χ2n) is 10.0. The molecule has 0 fully saturated rings. The number of imidazole rings is 1. The lowest BCUT2D eigenvalue weighted by Crippen LogP contribution is -2.15. The van der Waals surface area contributed by atoms with Gasteiger partial charge in [-0.05, 0) is 98.7 Å². The molecule has 8 heteroatoms. The lowest BCUT2D eigenvalue weighted by molar-refractivity contribution is -0.116. The van der Waals surface area contributed by atoms with Gasteiger partial charge >= 0.3 is 0 Å². The summed E-state index contributed by atoms with van der Waals surface area (Å²) in [6, 6.07) is 14.8. The number of aromatic nitrogens is 2. The Bertz CT molecular complexity index is 1510. The zero-order valence-electron chi connectivity index (χ0n) is 21.7. The van der Waals surface area contributed by atoms with E-state index in [1.807, 2.05) is 23.6 Å². The maximum absolute atomic E-state index is 15.0. The Morgan fingerprint density at radius 2 is 1.79 bits per heavy atom. The van der Waals surface area contributed by atoms with E-state index in [1.54, 1.807) is 12.1 Å². The third kappa shape index (κ3) is 5.94. The van der Waals surface area contributed by atoms with Crippen LogP contribution in [0.5, 0.6) is 0 Å². The Hall–Kier alpha value is -3.03. The number of carbonyl (C=O) groups is 1. The van der Waals surface area contributed by atoms with E-state index in [0.717, 1.165) is 47.5 Å². The second kappa shape index (κ2) is 11.6. The quantitative estimate of drug-likeness (QED) is 0.200. The fraction of sp³-hybridized carbons (Fsp3) is 0.290. The molecular formula is C31H28ClF3N2OS. The van der Waals surface area contributed by atoms with Gasteiger partial charge in [0.05, 0.1) is 11.4 Å². The number of Topliss-reactive ketones (excluding diaryl/α,β-unsaturated/α-hetero) is 1. The smallest absolute Gasteiger partial charge is 0.173 e. The average Bonchev–Trinajstić information content (AvgIpc) is 3.27. The fourth-order valence-electron chi connectivity index (χ4n) is 5.15. The molecule has 0 spiro atoms. The molecule has 1 unspecified atom stereocenters. The SMILES string of the molecule is CC(=O)CCc1cc(F)c(CSc2nc3c(n2-c2ccc(F)cc2)C(c2ccc(Cl)c(C)c2)CCC3)c(F)c1. The van der Waals surface area contributed by atoms with Gasteiger partial charge in [-0.1, -0.05) is 35.5 Å². The molecule has 0 amide bonds. The van der Waals surface area contributed by atoms with Crippen molar-refractivity contribution in [1.82, 2.24) is 9.55 Å². The van der Waals surface area contributed by atoms with Crippen LogP contribution < -0.4 is 0 Å². The maximum Gasteiger partial charge on any atom is 0.173 e. The highest BCUT2D eigenvalue weighted by atomic mass is 35.5. The number of fused-ring (bicyclic) bond motifs is 1. The first-order valence-electron chi connectivity index (χ1n) is 12.9. The summed E-state index contributed by atoms with van der Waals surface area (Å²) in [4.78, 5) is 16.2. The summed E-state index contributed by atoms with van der Waals surface area (Å²) in [6.45, 7) is 3.43. The number of hydrogen-bond donors (Lipinski definition) is 0. The highest BCUT2D eigenvalue weighted by molar-refractivity contribution is 7.98. The highest BCUT2D eigenvalue weighted by Crippen LogP contribution is 2.42. The molecule has 5 rings (SSSR count). The minimum atomic E-state index is -0.639. The number of nitrogens with zero attached hydrogens (tertiary/aromatic N) is 2. The van der Waals surface area contributed by atoms with Crippen molar-refractivity contribution in [2.24, 2.45) is 0 Å². The van der Waals surface area contributed by atoms with Crippen molar-refractivity contribution in [2.75, 3.05) is 0 Å². The zero-order chi connectivity index (χ0) is 27.7. The molecule has 0 saturated heterocycles. The van der Waals surface area contributed by atoms with Crippen LogP contribution in [0, 0.1) is 24.4 Å². The van der Waals surface area contributed by atoms with E-state index in [2.05, 4.69) is 6.07 Å². The Morgan fingerprint density at radius 1 is 1.08 bits per heavy atom. The van der Waals surface area contributed by atoms with Crippen molar-refractivity contribution < 1.29 is 18.0 Å². The van der Waals surface area contributed by atoms with E-state index in [1.165, 1.54) is 43.0 Å². The van der Waals surface area contributed by atoms with Gasteiger partial charge in [0.15, 0.2) is 5.16 Å². The summed E-state index contributed by atoms with van der Waals surface area (Å²) >= 11 is 7.55. The Morgan fingerprint density at radius 3 is 2.46 bits per heavy atom. The van der Waals surface area contributed by atoms with Crippen LogP contribution in [0.3, 0.4) is 0 Å². The molecule has 0 radical (unpaired) electrons. The van der Waals surface area contributed by atoms with Crippen LogP contribution in [0.1, 0.15) is 65.7 Å². The third-order valence-electron chi connectivity index (χ3n) is 7.18. The van der Waals surface area contributed by atoms with Gasteiger partial charge in [-0.15, -0.1) is 0 Å². The van der Waals surface area contributed by atoms with Crippen LogP contribution in [0.4, 0.5) is 13.2 Å². The molecular weight excluding hydrogens is 541 g/mol. The molecule has 0 bridgehead atoms. The number of carbonyl (C=O) groups excluding carboxylic acids is 1. The highest BCUT2D eigenvalue weighted by Gasteiger charge is 2.30. The Kier molecular flexibility index (Phi) is 8.19. The molecule has 0 aliphatic heterocycles. The van der Waals surface area contributed by atoms with Crippen LogP contribution in [0.15, 0.2) is 59.8 Å². The molecule has 0 N–H and O–H groups in total. The fourth-order valence-corrected chi connectivity index (χ4v) is 6.32. The number of ketones is 1. The standard InChI is InChI=1S/C31H28ClF3N2OS/c1-18-14-21(8-13-26(18)32)24-4-3-5-29-30(24)37(23-11-9-22(33)10-12-23)31(36-29)39-17-25-27(34)15-20(16-28(25)35)7-6-19(2)38/h8-16,24H,3-7,17H2,1-2H3. The minimum absolute atomic E-state index is 0.0286. The Labute approximate surface area is 235 Å². The van der Waals surface area contributed by atoms with Gasteiger partial charge in [0.1, 0.15) is 23.2 Å². The zero-order valence-corrected chi connectivity index (χ0v) is 23.3. The lowest BCUT2D eigenvalue weighted by atomic mass is 9.83. The summed E-state index contributed by atoms with van der Waals surface area (Å²) in [5, 5.41) is 1.30. The number of halogens is 4. The number of thioether (sulfide) groups is 1. The van der Waals surface area contributed by atoms with Crippen molar-refractivity contribution in [2.45, 2.75) is 62.8 Å². The normalized spacial score (nSPS) is 14.9. The summed E-state index contributed by atoms with van der Waals surface area (Å²) in [5.41, 5.74) is 5.22. The van der Waals surface area contributed by atoms with Gasteiger partial charge in [0.2, 0.25) is 0 Å². The molecule has 39 heavy (non-hydrogen) atoms. The van der Waals surface area contributed by atoms with Crippen LogP contribution in [0.2, 0.25) is 5.02 Å². The molecule has 3 nitrogen and oxygen atoms in total. The van der Waals surface area contributed by atoms with Gasteiger partial charge in [-0.2, -0.15) is 0 Å². The number of benzene rings is 3. The van der Waals surface area contributed by atoms with E-state index in [-0.39, 0.29) is 35.3 Å². The van der Waals surface area contributed by atoms with Crippen LogP contribution >= 0.6 is 23.4 Å². The van der Waals surface area contributed by atoms with E-state index in [0.29, 0.717) is 22.2 Å². The number of rotatable bonds is 8. The molecule has 0 saturated carbocycles. The summed E-state index contributed by atoms with van der Waals surface area (Å²) in [6.07, 6.45) is 3.18. The van der Waals surface area contributed by atoms with Crippen molar-refractivity contribution in [3.8, 4) is 5.69 Å². The number of hydrogen-bond acceptors (Lipinski definition) is 3. The molecule has 1 aliphatic carbocycles. The van der Waals surface area contributed by atoms with Crippen LogP contribution in [-0.4, -0.2) is 15.3 Å². The maximum atomic E-state index is 15.0. The van der Waals surface area contributed by atoms with Crippen molar-refractivity contribution in [1.29, 1.82) is 0 Å². The van der Waals surface area contributed by atoms with Gasteiger partial charge in [-0.25, -0.2) is 18.2 Å². The molecule has 1 aliphatic rings. The monoisotopic (exact) mass is 568 g/mol. The van der Waals surface area contributed by atoms with Gasteiger partial charge < -0.3 is 4.79 Å². The first kappa shape index (κ1) is 27.5. The lowest BCUT2D eigenvalue weighted by Gasteiger charge is -2.25. The molecule has 4 aromatic rings. The van der Waals surface area contributed by atoms with Gasteiger partial charge in [-0.3, -0.25) is 4.57 Å². The van der Waals surface area contributed by atoms with E-state index < -0.39 is 11.6 Å². The predicted octanol–water partition coefficient (Wildman–Crippen LogP) is 8.53.